The summed E-state index contributed by atoms with van der Waals surface area (Å²) in [7, 11) is 0.815. The van der Waals surface area contributed by atoms with Gasteiger partial charge in [-0.25, -0.2) is 8.42 Å². The van der Waals surface area contributed by atoms with Crippen LogP contribution in [0.2, 0.25) is 0 Å². The number of hydrogen-bond donors (Lipinski definition) is 0. The van der Waals surface area contributed by atoms with Gasteiger partial charge < -0.3 is 4.90 Å². The van der Waals surface area contributed by atoms with Crippen molar-refractivity contribution < 1.29 is 8.42 Å². The van der Waals surface area contributed by atoms with Gasteiger partial charge in [0.2, 0.25) is 0 Å². The molecule has 138 valence electrons. The maximum Gasteiger partial charge on any atom is 0.252 e. The Balaban J connectivity index is 2.04. The van der Waals surface area contributed by atoms with Crippen molar-refractivity contribution in [1.82, 2.24) is 14.1 Å². The van der Waals surface area contributed by atoms with E-state index in [0.29, 0.717) is 17.3 Å². The SMILES string of the molecule is CCc1ccc(S(=O)(=O)N2CC(C)N(CCCN(C)C)C(C)C2)s1. The maximum absolute atomic E-state index is 12.9. The molecule has 0 spiro atoms. The van der Waals surface area contributed by atoms with Crippen LogP contribution in [0.5, 0.6) is 0 Å². The number of rotatable bonds is 7. The molecule has 0 radical (unpaired) electrons. The first-order valence-corrected chi connectivity index (χ1v) is 11.0. The summed E-state index contributed by atoms with van der Waals surface area (Å²) in [5.74, 6) is 0. The molecule has 1 aliphatic rings. The van der Waals surface area contributed by atoms with Gasteiger partial charge in [-0.3, -0.25) is 4.90 Å². The minimum atomic E-state index is -3.36. The molecule has 2 rings (SSSR count). The van der Waals surface area contributed by atoms with Crippen molar-refractivity contribution in [2.75, 3.05) is 40.3 Å². The molecule has 1 aromatic heterocycles. The van der Waals surface area contributed by atoms with Crippen molar-refractivity contribution >= 4 is 21.4 Å². The number of nitrogens with zero attached hydrogens (tertiary/aromatic N) is 3. The largest absolute Gasteiger partial charge is 0.309 e. The molecule has 1 fully saturated rings. The number of aryl methyl sites for hydroxylation is 1. The van der Waals surface area contributed by atoms with Gasteiger partial charge in [-0.1, -0.05) is 6.92 Å². The Morgan fingerprint density at radius 1 is 1.21 bits per heavy atom. The summed E-state index contributed by atoms with van der Waals surface area (Å²) in [6, 6.07) is 4.19. The highest BCUT2D eigenvalue weighted by atomic mass is 32.2. The van der Waals surface area contributed by atoms with Crippen LogP contribution in [0.15, 0.2) is 16.3 Å². The fraction of sp³-hybridized carbons (Fsp3) is 0.765. The van der Waals surface area contributed by atoms with Gasteiger partial charge in [-0.2, -0.15) is 4.31 Å². The van der Waals surface area contributed by atoms with E-state index in [1.165, 1.54) is 11.3 Å². The molecule has 24 heavy (non-hydrogen) atoms. The third kappa shape index (κ3) is 4.58. The predicted octanol–water partition coefficient (Wildman–Crippen LogP) is 2.35. The van der Waals surface area contributed by atoms with E-state index in [0.717, 1.165) is 30.8 Å². The van der Waals surface area contributed by atoms with Crippen LogP contribution in [-0.4, -0.2) is 74.9 Å². The molecule has 0 aromatic carbocycles. The van der Waals surface area contributed by atoms with Crippen molar-refractivity contribution in [1.29, 1.82) is 0 Å². The second-order valence-corrected chi connectivity index (χ2v) is 10.3. The lowest BCUT2D eigenvalue weighted by Crippen LogP contribution is -2.58. The van der Waals surface area contributed by atoms with E-state index in [4.69, 9.17) is 0 Å². The normalized spacial score (nSPS) is 23.9. The summed E-state index contributed by atoms with van der Waals surface area (Å²) in [5.41, 5.74) is 0. The van der Waals surface area contributed by atoms with Gasteiger partial charge in [-0.15, -0.1) is 11.3 Å². The summed E-state index contributed by atoms with van der Waals surface area (Å²) in [6.07, 6.45) is 1.99. The molecule has 0 aliphatic carbocycles. The molecule has 2 heterocycles. The Bertz CT molecular complexity index is 616. The molecular weight excluding hydrogens is 342 g/mol. The molecule has 0 N–H and O–H groups in total. The Hall–Kier alpha value is -0.470. The highest BCUT2D eigenvalue weighted by Gasteiger charge is 2.36. The third-order valence-corrected chi connectivity index (χ3v) is 8.20. The molecule has 1 saturated heterocycles. The third-order valence-electron chi connectivity index (χ3n) is 4.67. The molecule has 0 saturated carbocycles. The summed E-state index contributed by atoms with van der Waals surface area (Å²) in [5, 5.41) is 0. The fourth-order valence-electron chi connectivity index (χ4n) is 3.33. The molecule has 2 atom stereocenters. The predicted molar refractivity (Wildman–Crippen MR) is 101 cm³/mol. The Labute approximate surface area is 151 Å². The van der Waals surface area contributed by atoms with Gasteiger partial charge >= 0.3 is 0 Å². The van der Waals surface area contributed by atoms with Crippen molar-refractivity contribution in [3.63, 3.8) is 0 Å². The summed E-state index contributed by atoms with van der Waals surface area (Å²) in [6.45, 7) is 9.57. The van der Waals surface area contributed by atoms with Crippen LogP contribution in [-0.2, 0) is 16.4 Å². The lowest BCUT2D eigenvalue weighted by Gasteiger charge is -2.43. The van der Waals surface area contributed by atoms with Gasteiger partial charge in [0.1, 0.15) is 4.21 Å². The number of hydrogen-bond acceptors (Lipinski definition) is 5. The fourth-order valence-corrected chi connectivity index (χ4v) is 6.38. The van der Waals surface area contributed by atoms with Gasteiger partial charge in [-0.05, 0) is 59.5 Å². The van der Waals surface area contributed by atoms with Crippen LogP contribution in [0.4, 0.5) is 0 Å². The first-order valence-electron chi connectivity index (χ1n) is 8.75. The molecule has 2 unspecified atom stereocenters. The van der Waals surface area contributed by atoms with Crippen molar-refractivity contribution in [2.45, 2.75) is 49.9 Å². The lowest BCUT2D eigenvalue weighted by molar-refractivity contribution is 0.0741. The zero-order valence-corrected chi connectivity index (χ0v) is 17.2. The minimum absolute atomic E-state index is 0.247. The van der Waals surface area contributed by atoms with Gasteiger partial charge in [0.25, 0.3) is 10.0 Å². The quantitative estimate of drug-likeness (QED) is 0.736. The van der Waals surface area contributed by atoms with E-state index in [9.17, 15) is 8.42 Å². The van der Waals surface area contributed by atoms with Crippen LogP contribution in [0, 0.1) is 0 Å². The topological polar surface area (TPSA) is 43.9 Å². The van der Waals surface area contributed by atoms with Crippen molar-refractivity contribution in [2.24, 2.45) is 0 Å². The molecule has 1 aliphatic heterocycles. The second-order valence-electron chi connectivity index (χ2n) is 6.99. The molecule has 0 amide bonds. The smallest absolute Gasteiger partial charge is 0.252 e. The molecule has 0 bridgehead atoms. The van der Waals surface area contributed by atoms with Crippen molar-refractivity contribution in [3.8, 4) is 0 Å². The highest BCUT2D eigenvalue weighted by Crippen LogP contribution is 2.28. The summed E-state index contributed by atoms with van der Waals surface area (Å²) < 4.78 is 28.0. The first-order chi connectivity index (χ1) is 11.3. The number of thiophene rings is 1. The van der Waals surface area contributed by atoms with Crippen LogP contribution in [0.1, 0.15) is 32.1 Å². The molecule has 7 heteroatoms. The average Bonchev–Trinajstić information content (AvgIpc) is 2.99. The van der Waals surface area contributed by atoms with Crippen LogP contribution < -0.4 is 0 Å². The minimum Gasteiger partial charge on any atom is -0.309 e. The van der Waals surface area contributed by atoms with Crippen LogP contribution >= 0.6 is 11.3 Å². The Kier molecular flexibility index (Phi) is 6.84. The van der Waals surface area contributed by atoms with E-state index in [-0.39, 0.29) is 12.1 Å². The molecule has 5 nitrogen and oxygen atoms in total. The van der Waals surface area contributed by atoms with Gasteiger partial charge in [0, 0.05) is 36.6 Å². The van der Waals surface area contributed by atoms with E-state index < -0.39 is 10.0 Å². The zero-order chi connectivity index (χ0) is 17.9. The standard InChI is InChI=1S/C17H31N3O2S2/c1-6-16-8-9-17(23-16)24(21,22)19-12-14(2)20(15(3)13-19)11-7-10-18(4)5/h8-9,14-15H,6-7,10-13H2,1-5H3. The van der Waals surface area contributed by atoms with Gasteiger partial charge in [0.05, 0.1) is 0 Å². The highest BCUT2D eigenvalue weighted by molar-refractivity contribution is 7.91. The Morgan fingerprint density at radius 2 is 1.83 bits per heavy atom. The van der Waals surface area contributed by atoms with Gasteiger partial charge in [0.15, 0.2) is 0 Å². The summed E-state index contributed by atoms with van der Waals surface area (Å²) >= 11 is 1.41. The Morgan fingerprint density at radius 3 is 2.33 bits per heavy atom. The van der Waals surface area contributed by atoms with Crippen LogP contribution in [0.25, 0.3) is 0 Å². The lowest BCUT2D eigenvalue weighted by atomic mass is 10.1. The first kappa shape index (κ1) is 19.8. The molecule has 1 aromatic rings. The van der Waals surface area contributed by atoms with E-state index in [1.54, 1.807) is 10.4 Å². The van der Waals surface area contributed by atoms with Crippen molar-refractivity contribution in [3.05, 3.63) is 17.0 Å². The zero-order valence-electron chi connectivity index (χ0n) is 15.5. The van der Waals surface area contributed by atoms with E-state index >= 15 is 0 Å². The van der Waals surface area contributed by atoms with E-state index in [1.807, 2.05) is 6.07 Å². The maximum atomic E-state index is 12.9. The average molecular weight is 374 g/mol. The number of sulfonamides is 1. The second kappa shape index (κ2) is 8.27. The monoisotopic (exact) mass is 373 g/mol. The summed E-state index contributed by atoms with van der Waals surface area (Å²) in [4.78, 5) is 5.76. The number of piperazine rings is 1. The van der Waals surface area contributed by atoms with Crippen LogP contribution in [0.3, 0.4) is 0 Å². The molecular formula is C17H31N3O2S2. The van der Waals surface area contributed by atoms with E-state index in [2.05, 4.69) is 44.7 Å².